The molecule has 2 amide bonds. The summed E-state index contributed by atoms with van der Waals surface area (Å²) in [5.74, 6) is 0. The summed E-state index contributed by atoms with van der Waals surface area (Å²) in [6.45, 7) is 2.92. The molecule has 1 fully saturated rings. The van der Waals surface area contributed by atoms with Crippen LogP contribution in [-0.4, -0.2) is 57.4 Å². The normalized spacial score (nSPS) is 22.5. The number of morpholine rings is 1. The maximum absolute atomic E-state index is 11.1. The molecule has 0 spiro atoms. The standard InChI is InChI=1S/C8H17N3O2/c1-11(2)8(12)10-5-7-6-13-4-3-9-7/h7,9H,3-6H2,1-2H3,(H,10,12). The second-order valence-electron chi connectivity index (χ2n) is 3.31. The van der Waals surface area contributed by atoms with Crippen LogP contribution in [0.1, 0.15) is 0 Å². The molecule has 0 aromatic heterocycles. The molecule has 76 valence electrons. The van der Waals surface area contributed by atoms with Crippen LogP contribution in [0, 0.1) is 0 Å². The van der Waals surface area contributed by atoms with Crippen LogP contribution < -0.4 is 10.6 Å². The molecule has 0 radical (unpaired) electrons. The summed E-state index contributed by atoms with van der Waals surface area (Å²) in [7, 11) is 3.44. The van der Waals surface area contributed by atoms with E-state index in [0.717, 1.165) is 13.2 Å². The first-order chi connectivity index (χ1) is 6.20. The van der Waals surface area contributed by atoms with Crippen molar-refractivity contribution >= 4 is 6.03 Å². The minimum atomic E-state index is -0.0626. The molecule has 0 saturated carbocycles. The molecule has 0 aliphatic carbocycles. The molecular formula is C8H17N3O2. The summed E-state index contributed by atoms with van der Waals surface area (Å²) >= 11 is 0. The second kappa shape index (κ2) is 5.04. The average Bonchev–Trinajstić information content (AvgIpc) is 2.15. The van der Waals surface area contributed by atoms with Gasteiger partial charge in [-0.2, -0.15) is 0 Å². The molecule has 5 heteroatoms. The van der Waals surface area contributed by atoms with E-state index in [9.17, 15) is 4.79 Å². The van der Waals surface area contributed by atoms with Gasteiger partial charge in [0.15, 0.2) is 0 Å². The summed E-state index contributed by atoms with van der Waals surface area (Å²) in [4.78, 5) is 12.6. The maximum atomic E-state index is 11.1. The van der Waals surface area contributed by atoms with Gasteiger partial charge in [-0.25, -0.2) is 4.79 Å². The van der Waals surface area contributed by atoms with Crippen LogP contribution in [0.15, 0.2) is 0 Å². The number of urea groups is 1. The smallest absolute Gasteiger partial charge is 0.316 e. The maximum Gasteiger partial charge on any atom is 0.316 e. The molecule has 0 bridgehead atoms. The summed E-state index contributed by atoms with van der Waals surface area (Å²) in [5.41, 5.74) is 0. The van der Waals surface area contributed by atoms with Gasteiger partial charge < -0.3 is 20.3 Å². The van der Waals surface area contributed by atoms with Gasteiger partial charge in [-0.3, -0.25) is 0 Å². The van der Waals surface area contributed by atoms with Crippen LogP contribution in [0.25, 0.3) is 0 Å². The van der Waals surface area contributed by atoms with E-state index >= 15 is 0 Å². The van der Waals surface area contributed by atoms with E-state index in [2.05, 4.69) is 10.6 Å². The highest BCUT2D eigenvalue weighted by atomic mass is 16.5. The Morgan fingerprint density at radius 2 is 2.46 bits per heavy atom. The lowest BCUT2D eigenvalue weighted by Crippen LogP contribution is -2.49. The van der Waals surface area contributed by atoms with Crippen LogP contribution in [0.3, 0.4) is 0 Å². The van der Waals surface area contributed by atoms with Gasteiger partial charge in [0.1, 0.15) is 0 Å². The predicted octanol–water partition coefficient (Wildman–Crippen LogP) is -0.754. The summed E-state index contributed by atoms with van der Waals surface area (Å²) < 4.78 is 5.25. The van der Waals surface area contributed by atoms with Gasteiger partial charge in [0.2, 0.25) is 0 Å². The summed E-state index contributed by atoms with van der Waals surface area (Å²) in [6.07, 6.45) is 0. The Bertz CT molecular complexity index is 167. The number of nitrogens with one attached hydrogen (secondary N) is 2. The zero-order valence-electron chi connectivity index (χ0n) is 8.17. The van der Waals surface area contributed by atoms with Crippen molar-refractivity contribution in [3.05, 3.63) is 0 Å². The van der Waals surface area contributed by atoms with Crippen molar-refractivity contribution in [2.45, 2.75) is 6.04 Å². The summed E-state index contributed by atoms with van der Waals surface area (Å²) in [5, 5.41) is 6.05. The fourth-order valence-electron chi connectivity index (χ4n) is 1.12. The third-order valence-corrected chi connectivity index (χ3v) is 1.90. The Kier molecular flexibility index (Phi) is 3.98. The van der Waals surface area contributed by atoms with E-state index in [0.29, 0.717) is 13.2 Å². The molecule has 1 aliphatic heterocycles. The van der Waals surface area contributed by atoms with E-state index in [4.69, 9.17) is 4.74 Å². The third-order valence-electron chi connectivity index (χ3n) is 1.90. The fourth-order valence-corrected chi connectivity index (χ4v) is 1.12. The SMILES string of the molecule is CN(C)C(=O)NCC1COCCN1. The van der Waals surface area contributed by atoms with E-state index in [-0.39, 0.29) is 12.1 Å². The molecule has 2 N–H and O–H groups in total. The van der Waals surface area contributed by atoms with Crippen LogP contribution in [0.4, 0.5) is 4.79 Å². The molecule has 1 unspecified atom stereocenters. The van der Waals surface area contributed by atoms with Crippen molar-refractivity contribution in [2.75, 3.05) is 40.4 Å². The van der Waals surface area contributed by atoms with Crippen molar-refractivity contribution in [1.82, 2.24) is 15.5 Å². The Hall–Kier alpha value is -0.810. The molecule has 0 aromatic carbocycles. The largest absolute Gasteiger partial charge is 0.378 e. The molecule has 1 heterocycles. The zero-order valence-corrected chi connectivity index (χ0v) is 8.17. The second-order valence-corrected chi connectivity index (χ2v) is 3.31. The molecule has 1 aliphatic rings. The highest BCUT2D eigenvalue weighted by Crippen LogP contribution is 1.91. The molecule has 0 aromatic rings. The van der Waals surface area contributed by atoms with Crippen LogP contribution in [-0.2, 0) is 4.74 Å². The Labute approximate surface area is 78.4 Å². The fraction of sp³-hybridized carbons (Fsp3) is 0.875. The number of hydrogen-bond donors (Lipinski definition) is 2. The van der Waals surface area contributed by atoms with E-state index < -0.39 is 0 Å². The predicted molar refractivity (Wildman–Crippen MR) is 49.7 cm³/mol. The van der Waals surface area contributed by atoms with Gasteiger partial charge >= 0.3 is 6.03 Å². The van der Waals surface area contributed by atoms with Crippen molar-refractivity contribution in [3.8, 4) is 0 Å². The van der Waals surface area contributed by atoms with Crippen LogP contribution >= 0.6 is 0 Å². The van der Waals surface area contributed by atoms with Gasteiger partial charge in [0.25, 0.3) is 0 Å². The van der Waals surface area contributed by atoms with E-state index in [1.54, 1.807) is 14.1 Å². The first kappa shape index (κ1) is 10.3. The third kappa shape index (κ3) is 3.61. The quantitative estimate of drug-likeness (QED) is 0.598. The number of carbonyl (C=O) groups is 1. The minimum absolute atomic E-state index is 0.0626. The number of hydrogen-bond acceptors (Lipinski definition) is 3. The van der Waals surface area contributed by atoms with Crippen LogP contribution in [0.5, 0.6) is 0 Å². The highest BCUT2D eigenvalue weighted by molar-refractivity contribution is 5.73. The number of carbonyl (C=O) groups excluding carboxylic acids is 1. The van der Waals surface area contributed by atoms with Crippen molar-refractivity contribution < 1.29 is 9.53 Å². The van der Waals surface area contributed by atoms with Crippen molar-refractivity contribution in [2.24, 2.45) is 0 Å². The van der Waals surface area contributed by atoms with Crippen molar-refractivity contribution in [1.29, 1.82) is 0 Å². The van der Waals surface area contributed by atoms with Gasteiger partial charge in [0, 0.05) is 33.2 Å². The average molecular weight is 187 g/mol. The highest BCUT2D eigenvalue weighted by Gasteiger charge is 2.13. The Morgan fingerprint density at radius 1 is 1.69 bits per heavy atom. The lowest BCUT2D eigenvalue weighted by atomic mass is 10.3. The van der Waals surface area contributed by atoms with E-state index in [1.165, 1.54) is 4.90 Å². The molecule has 5 nitrogen and oxygen atoms in total. The first-order valence-corrected chi connectivity index (χ1v) is 4.46. The number of nitrogens with zero attached hydrogens (tertiary/aromatic N) is 1. The minimum Gasteiger partial charge on any atom is -0.378 e. The zero-order chi connectivity index (χ0) is 9.68. The molecular weight excluding hydrogens is 170 g/mol. The molecule has 1 rings (SSSR count). The lowest BCUT2D eigenvalue weighted by molar-refractivity contribution is 0.0770. The Morgan fingerprint density at radius 3 is 3.00 bits per heavy atom. The number of amides is 2. The van der Waals surface area contributed by atoms with Gasteiger partial charge in [-0.1, -0.05) is 0 Å². The number of ether oxygens (including phenoxy) is 1. The monoisotopic (exact) mass is 187 g/mol. The lowest BCUT2D eigenvalue weighted by Gasteiger charge is -2.24. The van der Waals surface area contributed by atoms with Gasteiger partial charge in [0.05, 0.1) is 13.2 Å². The van der Waals surface area contributed by atoms with Crippen LogP contribution in [0.2, 0.25) is 0 Å². The number of rotatable bonds is 2. The molecule has 13 heavy (non-hydrogen) atoms. The topological polar surface area (TPSA) is 53.6 Å². The summed E-state index contributed by atoms with van der Waals surface area (Å²) in [6, 6.07) is 0.185. The van der Waals surface area contributed by atoms with E-state index in [1.807, 2.05) is 0 Å². The Balaban J connectivity index is 2.13. The van der Waals surface area contributed by atoms with Gasteiger partial charge in [-0.05, 0) is 0 Å². The molecule has 1 atom stereocenters. The van der Waals surface area contributed by atoms with Crippen molar-refractivity contribution in [3.63, 3.8) is 0 Å². The molecule has 1 saturated heterocycles. The first-order valence-electron chi connectivity index (χ1n) is 4.46. The van der Waals surface area contributed by atoms with Gasteiger partial charge in [-0.15, -0.1) is 0 Å².